The number of nitrogens with zero attached hydrogens (tertiary/aromatic N) is 1. The van der Waals surface area contributed by atoms with E-state index >= 15 is 0 Å². The van der Waals surface area contributed by atoms with E-state index < -0.39 is 5.92 Å². The van der Waals surface area contributed by atoms with Gasteiger partial charge in [0.05, 0.1) is 12.1 Å². The second-order valence-electron chi connectivity index (χ2n) is 8.22. The molecule has 1 aliphatic rings. The zero-order valence-electron chi connectivity index (χ0n) is 17.8. The number of rotatable bonds is 5. The Bertz CT molecular complexity index is 1270. The van der Waals surface area contributed by atoms with Crippen LogP contribution < -0.4 is 5.32 Å². The molecule has 0 aliphatic carbocycles. The monoisotopic (exact) mass is 420 g/mol. The van der Waals surface area contributed by atoms with Crippen LogP contribution in [-0.4, -0.2) is 16.7 Å². The molecule has 4 nitrogen and oxygen atoms in total. The molecule has 1 aliphatic heterocycles. The highest BCUT2D eigenvalue weighted by Crippen LogP contribution is 2.46. The van der Waals surface area contributed by atoms with Gasteiger partial charge in [0.25, 0.3) is 0 Å². The van der Waals surface area contributed by atoms with Gasteiger partial charge in [0.2, 0.25) is 11.8 Å². The number of likely N-dealkylation sites (tertiary alicyclic amines) is 1. The van der Waals surface area contributed by atoms with Gasteiger partial charge in [-0.15, -0.1) is 0 Å². The van der Waals surface area contributed by atoms with Gasteiger partial charge in [-0.2, -0.15) is 0 Å². The lowest BCUT2D eigenvalue weighted by atomic mass is 9.79. The fraction of sp³-hybridized carbons (Fsp3) is 0.143. The summed E-state index contributed by atoms with van der Waals surface area (Å²) < 4.78 is 0. The largest absolute Gasteiger partial charge is 0.327 e. The van der Waals surface area contributed by atoms with E-state index in [2.05, 4.69) is 35.6 Å². The molecule has 0 radical (unpaired) electrons. The number of β-lactam (4-membered cyclic amide) rings is 1. The molecule has 1 N–H and O–H groups in total. The minimum atomic E-state index is -0.750. The van der Waals surface area contributed by atoms with Crippen molar-refractivity contribution in [1.82, 2.24) is 4.90 Å². The fourth-order valence-corrected chi connectivity index (χ4v) is 4.57. The van der Waals surface area contributed by atoms with Gasteiger partial charge in [-0.1, -0.05) is 84.9 Å². The van der Waals surface area contributed by atoms with Crippen molar-refractivity contribution in [3.63, 3.8) is 0 Å². The number of hydrogen-bond donors (Lipinski definition) is 1. The quantitative estimate of drug-likeness (QED) is 0.331. The van der Waals surface area contributed by atoms with Crippen molar-refractivity contribution in [3.8, 4) is 0 Å². The lowest BCUT2D eigenvalue weighted by molar-refractivity contribution is -0.165. The molecule has 0 aromatic heterocycles. The third-order valence-electron chi connectivity index (χ3n) is 6.27. The van der Waals surface area contributed by atoms with Crippen molar-refractivity contribution in [1.29, 1.82) is 0 Å². The number of carbonyl (C=O) groups excluding carboxylic acids is 2. The van der Waals surface area contributed by atoms with Crippen molar-refractivity contribution in [3.05, 3.63) is 114 Å². The highest BCUT2D eigenvalue weighted by molar-refractivity contribution is 6.11. The minimum Gasteiger partial charge on any atom is -0.327 e. The summed E-state index contributed by atoms with van der Waals surface area (Å²) in [5.74, 6) is -1.16. The first-order valence-electron chi connectivity index (χ1n) is 10.9. The SMILES string of the molecule is CC(c1ccc2ccccc2c1)N1C(=O)[C@H](C(=O)Nc2ccccc2)[C@H]1c1ccccc1. The Labute approximate surface area is 187 Å². The van der Waals surface area contributed by atoms with Crippen LogP contribution >= 0.6 is 0 Å². The minimum absolute atomic E-state index is 0.145. The second kappa shape index (κ2) is 8.31. The van der Waals surface area contributed by atoms with Crippen molar-refractivity contribution in [2.75, 3.05) is 5.32 Å². The summed E-state index contributed by atoms with van der Waals surface area (Å²) in [6, 6.07) is 33.1. The van der Waals surface area contributed by atoms with E-state index in [0.29, 0.717) is 5.69 Å². The maximum atomic E-state index is 13.3. The van der Waals surface area contributed by atoms with Crippen molar-refractivity contribution < 1.29 is 9.59 Å². The second-order valence-corrected chi connectivity index (χ2v) is 8.22. The van der Waals surface area contributed by atoms with Gasteiger partial charge in [-0.25, -0.2) is 0 Å². The summed E-state index contributed by atoms with van der Waals surface area (Å²) in [6.45, 7) is 2.03. The van der Waals surface area contributed by atoms with Crippen LogP contribution in [0, 0.1) is 5.92 Å². The van der Waals surface area contributed by atoms with E-state index in [1.807, 2.05) is 84.6 Å². The van der Waals surface area contributed by atoms with Gasteiger partial charge < -0.3 is 10.2 Å². The molecule has 1 heterocycles. The lowest BCUT2D eigenvalue weighted by Crippen LogP contribution is -2.59. The first-order chi connectivity index (χ1) is 15.6. The molecule has 4 aromatic carbocycles. The number of para-hydroxylation sites is 1. The standard InChI is InChI=1S/C28H24N2O2/c1-19(22-17-16-20-10-8-9-13-23(20)18-22)30-26(21-11-4-2-5-12-21)25(28(30)32)27(31)29-24-14-6-3-7-15-24/h2-19,25-26H,1H3,(H,29,31)/t19?,25-,26+/m0/s1. The van der Waals surface area contributed by atoms with Crippen LogP contribution in [0.3, 0.4) is 0 Å². The molecule has 1 saturated heterocycles. The Hall–Kier alpha value is -3.92. The molecule has 0 spiro atoms. The van der Waals surface area contributed by atoms with Crippen molar-refractivity contribution in [2.24, 2.45) is 5.92 Å². The number of hydrogen-bond acceptors (Lipinski definition) is 2. The maximum absolute atomic E-state index is 13.3. The molecule has 158 valence electrons. The zero-order chi connectivity index (χ0) is 22.1. The molecule has 3 atom stereocenters. The highest BCUT2D eigenvalue weighted by atomic mass is 16.2. The Morgan fingerprint density at radius 1 is 0.812 bits per heavy atom. The van der Waals surface area contributed by atoms with Crippen LogP contribution in [0.4, 0.5) is 5.69 Å². The summed E-state index contributed by atoms with van der Waals surface area (Å²) in [5, 5.41) is 5.21. The van der Waals surface area contributed by atoms with E-state index in [9.17, 15) is 9.59 Å². The molecule has 5 rings (SSSR count). The summed E-state index contributed by atoms with van der Waals surface area (Å²) >= 11 is 0. The van der Waals surface area contributed by atoms with Crippen LogP contribution in [0.5, 0.6) is 0 Å². The third kappa shape index (κ3) is 3.54. The summed E-state index contributed by atoms with van der Waals surface area (Å²) in [7, 11) is 0. The smallest absolute Gasteiger partial charge is 0.239 e. The predicted octanol–water partition coefficient (Wildman–Crippen LogP) is 5.74. The van der Waals surface area contributed by atoms with E-state index in [1.54, 1.807) is 0 Å². The molecule has 1 fully saturated rings. The molecule has 2 amide bonds. The molecule has 32 heavy (non-hydrogen) atoms. The molecule has 1 unspecified atom stereocenters. The van der Waals surface area contributed by atoms with E-state index in [0.717, 1.165) is 21.9 Å². The van der Waals surface area contributed by atoms with Crippen LogP contribution in [-0.2, 0) is 9.59 Å². The first-order valence-corrected chi connectivity index (χ1v) is 10.9. The van der Waals surface area contributed by atoms with Crippen LogP contribution in [0.25, 0.3) is 10.8 Å². The van der Waals surface area contributed by atoms with Gasteiger partial charge in [0.1, 0.15) is 5.92 Å². The number of nitrogens with one attached hydrogen (secondary N) is 1. The van der Waals surface area contributed by atoms with Crippen molar-refractivity contribution >= 4 is 28.3 Å². The van der Waals surface area contributed by atoms with Crippen LogP contribution in [0.1, 0.15) is 30.1 Å². The summed E-state index contributed by atoms with van der Waals surface area (Å²) in [5.41, 5.74) is 2.71. The van der Waals surface area contributed by atoms with E-state index in [-0.39, 0.29) is 23.9 Å². The van der Waals surface area contributed by atoms with Gasteiger partial charge in [0, 0.05) is 5.69 Å². The Morgan fingerprint density at radius 3 is 2.16 bits per heavy atom. The van der Waals surface area contributed by atoms with E-state index in [4.69, 9.17) is 0 Å². The number of fused-ring (bicyclic) bond motifs is 1. The lowest BCUT2D eigenvalue weighted by Gasteiger charge is -2.49. The normalized spacial score (nSPS) is 18.8. The Balaban J connectivity index is 1.47. The van der Waals surface area contributed by atoms with Gasteiger partial charge in [-0.3, -0.25) is 9.59 Å². The number of anilines is 1. The van der Waals surface area contributed by atoms with Gasteiger partial charge in [-0.05, 0) is 47.0 Å². The van der Waals surface area contributed by atoms with Crippen molar-refractivity contribution in [2.45, 2.75) is 19.0 Å². The number of benzene rings is 4. The Morgan fingerprint density at radius 2 is 1.44 bits per heavy atom. The van der Waals surface area contributed by atoms with Gasteiger partial charge in [0.15, 0.2) is 0 Å². The molecular formula is C28H24N2O2. The highest BCUT2D eigenvalue weighted by Gasteiger charge is 2.54. The fourth-order valence-electron chi connectivity index (χ4n) is 4.57. The topological polar surface area (TPSA) is 49.4 Å². The third-order valence-corrected chi connectivity index (χ3v) is 6.27. The molecule has 4 heteroatoms. The van der Waals surface area contributed by atoms with Crippen LogP contribution in [0.15, 0.2) is 103 Å². The zero-order valence-corrected chi connectivity index (χ0v) is 17.8. The average Bonchev–Trinajstić information content (AvgIpc) is 2.83. The van der Waals surface area contributed by atoms with E-state index in [1.165, 1.54) is 0 Å². The number of amides is 2. The average molecular weight is 421 g/mol. The van der Waals surface area contributed by atoms with Crippen LogP contribution in [0.2, 0.25) is 0 Å². The summed E-state index contributed by atoms with van der Waals surface area (Å²) in [4.78, 5) is 28.3. The Kier molecular flexibility index (Phi) is 5.20. The first kappa shape index (κ1) is 20.0. The number of carbonyl (C=O) groups is 2. The predicted molar refractivity (Wildman–Crippen MR) is 127 cm³/mol. The molecular weight excluding hydrogens is 396 g/mol. The molecule has 0 saturated carbocycles. The maximum Gasteiger partial charge on any atom is 0.239 e. The molecule has 0 bridgehead atoms. The molecule has 4 aromatic rings. The summed E-state index contributed by atoms with van der Waals surface area (Å²) in [6.07, 6.45) is 0. The van der Waals surface area contributed by atoms with Gasteiger partial charge >= 0.3 is 0 Å².